The molecule has 0 radical (unpaired) electrons. The van der Waals surface area contributed by atoms with Crippen molar-refractivity contribution in [3.63, 3.8) is 0 Å². The molecular formula is C20H23FN4O2. The van der Waals surface area contributed by atoms with Crippen LogP contribution in [0.5, 0.6) is 0 Å². The van der Waals surface area contributed by atoms with E-state index in [-0.39, 0.29) is 11.6 Å². The van der Waals surface area contributed by atoms with E-state index in [4.69, 9.17) is 0 Å². The van der Waals surface area contributed by atoms with E-state index in [1.165, 1.54) is 29.8 Å². The molecule has 2 aromatic carbocycles. The fourth-order valence-electron chi connectivity index (χ4n) is 2.97. The average molecular weight is 370 g/mol. The van der Waals surface area contributed by atoms with Crippen LogP contribution in [-0.4, -0.2) is 54.5 Å². The van der Waals surface area contributed by atoms with Gasteiger partial charge in [0, 0.05) is 38.3 Å². The van der Waals surface area contributed by atoms with E-state index in [0.717, 1.165) is 26.1 Å². The van der Waals surface area contributed by atoms with Crippen LogP contribution in [0.15, 0.2) is 54.6 Å². The number of rotatable bonds is 4. The molecule has 2 N–H and O–H groups in total. The van der Waals surface area contributed by atoms with Gasteiger partial charge in [-0.1, -0.05) is 30.3 Å². The molecule has 3 amide bonds. The summed E-state index contributed by atoms with van der Waals surface area (Å²) < 4.78 is 12.9. The van der Waals surface area contributed by atoms with Gasteiger partial charge in [0.15, 0.2) is 0 Å². The summed E-state index contributed by atoms with van der Waals surface area (Å²) in [5.74, 6) is -0.898. The molecule has 2 aromatic rings. The number of carbonyl (C=O) groups is 2. The highest BCUT2D eigenvalue weighted by atomic mass is 19.1. The number of hydrogen-bond acceptors (Lipinski definition) is 3. The molecule has 6 nitrogen and oxygen atoms in total. The van der Waals surface area contributed by atoms with Gasteiger partial charge in [0.25, 0.3) is 5.91 Å². The van der Waals surface area contributed by atoms with E-state index in [1.54, 1.807) is 4.90 Å². The van der Waals surface area contributed by atoms with Crippen molar-refractivity contribution in [3.05, 3.63) is 71.5 Å². The maximum atomic E-state index is 12.9. The molecule has 3 rings (SSSR count). The molecule has 142 valence electrons. The number of halogens is 1. The average Bonchev–Trinajstić information content (AvgIpc) is 2.72. The number of urea groups is 1. The third-order valence-corrected chi connectivity index (χ3v) is 4.61. The second-order valence-electron chi connectivity index (χ2n) is 6.46. The van der Waals surface area contributed by atoms with E-state index in [9.17, 15) is 14.0 Å². The summed E-state index contributed by atoms with van der Waals surface area (Å²) >= 11 is 0. The van der Waals surface area contributed by atoms with Crippen molar-refractivity contribution in [1.29, 1.82) is 0 Å². The van der Waals surface area contributed by atoms with Crippen molar-refractivity contribution in [2.45, 2.75) is 6.42 Å². The molecule has 0 saturated carbocycles. The monoisotopic (exact) mass is 370 g/mol. The van der Waals surface area contributed by atoms with Crippen LogP contribution in [0.3, 0.4) is 0 Å². The maximum Gasteiger partial charge on any atom is 0.336 e. The summed E-state index contributed by atoms with van der Waals surface area (Å²) in [6.07, 6.45) is 0.987. The van der Waals surface area contributed by atoms with Gasteiger partial charge in [0.1, 0.15) is 5.82 Å². The summed E-state index contributed by atoms with van der Waals surface area (Å²) in [6.45, 7) is 3.76. The number of hydrazine groups is 1. The minimum Gasteiger partial charge on any atom is -0.321 e. The third kappa shape index (κ3) is 5.52. The van der Waals surface area contributed by atoms with Crippen LogP contribution in [0.2, 0.25) is 0 Å². The minimum atomic E-state index is -0.482. The zero-order valence-corrected chi connectivity index (χ0v) is 15.0. The van der Waals surface area contributed by atoms with Crippen LogP contribution >= 0.6 is 0 Å². The lowest BCUT2D eigenvalue weighted by atomic mass is 10.1. The summed E-state index contributed by atoms with van der Waals surface area (Å²) in [5.41, 5.74) is 6.36. The van der Waals surface area contributed by atoms with Crippen molar-refractivity contribution in [2.24, 2.45) is 0 Å². The van der Waals surface area contributed by atoms with Gasteiger partial charge in [0.05, 0.1) is 0 Å². The molecule has 0 bridgehead atoms. The van der Waals surface area contributed by atoms with Gasteiger partial charge in [0.2, 0.25) is 0 Å². The molecule has 0 unspecified atom stereocenters. The molecule has 1 aliphatic heterocycles. The quantitative estimate of drug-likeness (QED) is 0.810. The van der Waals surface area contributed by atoms with Gasteiger partial charge in [-0.05, 0) is 36.2 Å². The topological polar surface area (TPSA) is 64.7 Å². The first-order valence-corrected chi connectivity index (χ1v) is 8.99. The molecule has 1 heterocycles. The standard InChI is InChI=1S/C20H23FN4O2/c21-18-8-6-17(7-9-18)19(26)22-23-20(27)25-14-12-24(13-15-25)11-10-16-4-2-1-3-5-16/h1-9H,10-15H2,(H,22,26)(H,23,27). The van der Waals surface area contributed by atoms with Gasteiger partial charge in [-0.2, -0.15) is 0 Å². The Bertz CT molecular complexity index is 759. The van der Waals surface area contributed by atoms with Crippen molar-refractivity contribution < 1.29 is 14.0 Å². The third-order valence-electron chi connectivity index (χ3n) is 4.61. The van der Waals surface area contributed by atoms with Crippen LogP contribution in [0.1, 0.15) is 15.9 Å². The van der Waals surface area contributed by atoms with E-state index >= 15 is 0 Å². The first-order chi connectivity index (χ1) is 13.1. The first kappa shape index (κ1) is 18.8. The highest BCUT2D eigenvalue weighted by Crippen LogP contribution is 2.06. The van der Waals surface area contributed by atoms with Gasteiger partial charge < -0.3 is 4.90 Å². The second kappa shape index (κ2) is 9.14. The Hall–Kier alpha value is -2.93. The van der Waals surface area contributed by atoms with Crippen LogP contribution in [0.4, 0.5) is 9.18 Å². The van der Waals surface area contributed by atoms with E-state index < -0.39 is 11.7 Å². The predicted molar refractivity (Wildman–Crippen MR) is 101 cm³/mol. The zero-order valence-electron chi connectivity index (χ0n) is 15.0. The molecule has 1 saturated heterocycles. The number of hydrogen-bond donors (Lipinski definition) is 2. The first-order valence-electron chi connectivity index (χ1n) is 8.99. The number of piperazine rings is 1. The van der Waals surface area contributed by atoms with Crippen molar-refractivity contribution >= 4 is 11.9 Å². The number of amides is 3. The molecular weight excluding hydrogens is 347 g/mol. The number of nitrogens with one attached hydrogen (secondary N) is 2. The Morgan fingerprint density at radius 1 is 0.889 bits per heavy atom. The van der Waals surface area contributed by atoms with Crippen molar-refractivity contribution in [2.75, 3.05) is 32.7 Å². The molecule has 0 aromatic heterocycles. The molecule has 1 fully saturated rings. The number of benzene rings is 2. The van der Waals surface area contributed by atoms with E-state index in [2.05, 4.69) is 27.9 Å². The molecule has 7 heteroatoms. The molecule has 1 aliphatic rings. The molecule has 27 heavy (non-hydrogen) atoms. The highest BCUT2D eigenvalue weighted by molar-refractivity contribution is 5.95. The Balaban J connectivity index is 1.38. The lowest BCUT2D eigenvalue weighted by Crippen LogP contribution is -2.55. The zero-order chi connectivity index (χ0) is 19.1. The van der Waals surface area contributed by atoms with E-state index in [1.807, 2.05) is 18.2 Å². The van der Waals surface area contributed by atoms with Crippen LogP contribution in [0.25, 0.3) is 0 Å². The van der Waals surface area contributed by atoms with Gasteiger partial charge in [-0.15, -0.1) is 0 Å². The Kier molecular flexibility index (Phi) is 6.38. The Morgan fingerprint density at radius 2 is 1.56 bits per heavy atom. The largest absolute Gasteiger partial charge is 0.336 e. The minimum absolute atomic E-state index is 0.280. The van der Waals surface area contributed by atoms with Gasteiger partial charge >= 0.3 is 6.03 Å². The van der Waals surface area contributed by atoms with E-state index in [0.29, 0.717) is 13.1 Å². The van der Waals surface area contributed by atoms with Crippen LogP contribution < -0.4 is 10.9 Å². The molecule has 0 atom stereocenters. The van der Waals surface area contributed by atoms with Gasteiger partial charge in [-0.25, -0.2) is 14.6 Å². The fourth-order valence-corrected chi connectivity index (χ4v) is 2.97. The smallest absolute Gasteiger partial charge is 0.321 e. The lowest BCUT2D eigenvalue weighted by Gasteiger charge is -2.34. The maximum absolute atomic E-state index is 12.9. The molecule has 0 aliphatic carbocycles. The fraction of sp³-hybridized carbons (Fsp3) is 0.300. The van der Waals surface area contributed by atoms with Crippen LogP contribution in [-0.2, 0) is 6.42 Å². The Morgan fingerprint density at radius 3 is 2.22 bits per heavy atom. The summed E-state index contributed by atoms with van der Waals surface area (Å²) in [7, 11) is 0. The second-order valence-corrected chi connectivity index (χ2v) is 6.46. The Labute approximate surface area is 157 Å². The highest BCUT2D eigenvalue weighted by Gasteiger charge is 2.21. The summed E-state index contributed by atoms with van der Waals surface area (Å²) in [4.78, 5) is 28.1. The number of carbonyl (C=O) groups excluding carboxylic acids is 2. The molecule has 0 spiro atoms. The normalized spacial score (nSPS) is 14.6. The number of nitrogens with zero attached hydrogens (tertiary/aromatic N) is 2. The lowest BCUT2D eigenvalue weighted by molar-refractivity contribution is 0.0920. The summed E-state index contributed by atoms with van der Waals surface area (Å²) in [6, 6.07) is 15.1. The van der Waals surface area contributed by atoms with Crippen molar-refractivity contribution in [1.82, 2.24) is 20.7 Å². The van der Waals surface area contributed by atoms with Crippen molar-refractivity contribution in [3.8, 4) is 0 Å². The van der Waals surface area contributed by atoms with Gasteiger partial charge in [-0.3, -0.25) is 15.1 Å². The summed E-state index contributed by atoms with van der Waals surface area (Å²) in [5, 5.41) is 0. The predicted octanol–water partition coefficient (Wildman–Crippen LogP) is 2.04. The SMILES string of the molecule is O=C(NNC(=O)N1CCN(CCc2ccccc2)CC1)c1ccc(F)cc1. The van der Waals surface area contributed by atoms with Crippen LogP contribution in [0, 0.1) is 5.82 Å².